The van der Waals surface area contributed by atoms with Gasteiger partial charge in [0.15, 0.2) is 6.61 Å². The van der Waals surface area contributed by atoms with Gasteiger partial charge in [0.1, 0.15) is 5.82 Å². The third-order valence-corrected chi connectivity index (χ3v) is 5.61. The van der Waals surface area contributed by atoms with E-state index in [4.69, 9.17) is 4.74 Å². The first-order valence-corrected chi connectivity index (χ1v) is 10.1. The van der Waals surface area contributed by atoms with Gasteiger partial charge in [-0.2, -0.15) is 0 Å². The van der Waals surface area contributed by atoms with Crippen LogP contribution in [0.25, 0.3) is 0 Å². The summed E-state index contributed by atoms with van der Waals surface area (Å²) in [5.74, 6) is -2.04. The number of benzene rings is 2. The van der Waals surface area contributed by atoms with Gasteiger partial charge in [-0.25, -0.2) is 17.6 Å². The minimum Gasteiger partial charge on any atom is -0.454 e. The molecule has 1 aliphatic heterocycles. The fourth-order valence-electron chi connectivity index (χ4n) is 3.21. The van der Waals surface area contributed by atoms with E-state index in [1.54, 1.807) is 19.1 Å². The number of hydrogen-bond acceptors (Lipinski definition) is 5. The number of nitrogens with zero attached hydrogens (tertiary/aromatic N) is 1. The summed E-state index contributed by atoms with van der Waals surface area (Å²) in [4.78, 5) is 24.2. The maximum absolute atomic E-state index is 13.6. The highest BCUT2D eigenvalue weighted by Crippen LogP contribution is 2.34. The molecular weight excluding hydrogens is 373 g/mol. The number of ketones is 1. The number of hydrogen-bond donors (Lipinski definition) is 0. The van der Waals surface area contributed by atoms with E-state index in [9.17, 15) is 22.4 Å². The van der Waals surface area contributed by atoms with Gasteiger partial charge in [0.25, 0.3) is 0 Å². The monoisotopic (exact) mass is 391 g/mol. The number of halogens is 1. The highest BCUT2D eigenvalue weighted by atomic mass is 32.2. The number of anilines is 1. The lowest BCUT2D eigenvalue weighted by Crippen LogP contribution is -2.34. The standard InChI is InChI=1S/C19H18FNO5S/c1-12-9-14-10-13(7-8-17(14)21(12)27(2,24)25)19(23)26-11-18(22)15-5-3-4-6-16(15)20/h3-8,10,12H,9,11H2,1-2H3/t12-/m0/s1. The van der Waals surface area contributed by atoms with Crippen molar-refractivity contribution in [2.24, 2.45) is 0 Å². The Hall–Kier alpha value is -2.74. The van der Waals surface area contributed by atoms with E-state index < -0.39 is 34.2 Å². The Kier molecular flexibility index (Phi) is 5.01. The predicted molar refractivity (Wildman–Crippen MR) is 97.9 cm³/mol. The Balaban J connectivity index is 1.73. The van der Waals surface area contributed by atoms with Gasteiger partial charge in [-0.3, -0.25) is 9.10 Å². The lowest BCUT2D eigenvalue weighted by molar-refractivity contribution is 0.0473. The first kappa shape index (κ1) is 19.0. The minimum absolute atomic E-state index is 0.142. The van der Waals surface area contributed by atoms with Crippen molar-refractivity contribution in [1.29, 1.82) is 0 Å². The number of Topliss-reactive ketones (excluding diaryl/α,β-unsaturated/α-hetero) is 1. The summed E-state index contributed by atoms with van der Waals surface area (Å²) in [5.41, 5.74) is 1.31. The van der Waals surface area contributed by atoms with Gasteiger partial charge in [-0.1, -0.05) is 12.1 Å². The number of carbonyl (C=O) groups excluding carboxylic acids is 2. The molecule has 0 saturated carbocycles. The van der Waals surface area contributed by atoms with Gasteiger partial charge in [0.2, 0.25) is 15.8 Å². The topological polar surface area (TPSA) is 80.8 Å². The van der Waals surface area contributed by atoms with Gasteiger partial charge in [-0.15, -0.1) is 0 Å². The number of carbonyl (C=O) groups is 2. The number of esters is 1. The molecule has 0 aliphatic carbocycles. The van der Waals surface area contributed by atoms with Crippen LogP contribution in [-0.2, 0) is 21.2 Å². The summed E-state index contributed by atoms with van der Waals surface area (Å²) in [6, 6.07) is 9.78. The second kappa shape index (κ2) is 7.11. The Bertz CT molecular complexity index is 1020. The molecule has 0 bridgehead atoms. The average molecular weight is 391 g/mol. The lowest BCUT2D eigenvalue weighted by atomic mass is 10.1. The third kappa shape index (κ3) is 3.85. The zero-order valence-electron chi connectivity index (χ0n) is 14.8. The van der Waals surface area contributed by atoms with Crippen LogP contribution in [-0.4, -0.2) is 39.1 Å². The highest BCUT2D eigenvalue weighted by molar-refractivity contribution is 7.92. The molecule has 1 atom stereocenters. The SMILES string of the molecule is C[C@H]1Cc2cc(C(=O)OCC(=O)c3ccccc3F)ccc2N1S(C)(=O)=O. The van der Waals surface area contributed by atoms with E-state index in [1.807, 2.05) is 0 Å². The fourth-order valence-corrected chi connectivity index (χ4v) is 4.48. The minimum atomic E-state index is -3.42. The molecule has 0 fully saturated rings. The molecule has 2 aromatic rings. The first-order valence-electron chi connectivity index (χ1n) is 8.25. The Morgan fingerprint density at radius 3 is 2.59 bits per heavy atom. The van der Waals surface area contributed by atoms with Gasteiger partial charge in [0.05, 0.1) is 23.1 Å². The Morgan fingerprint density at radius 2 is 1.93 bits per heavy atom. The van der Waals surface area contributed by atoms with Gasteiger partial charge in [0, 0.05) is 6.04 Å². The van der Waals surface area contributed by atoms with Crippen LogP contribution in [0.1, 0.15) is 33.2 Å². The molecule has 1 heterocycles. The van der Waals surface area contributed by atoms with Crippen molar-refractivity contribution in [2.75, 3.05) is 17.2 Å². The summed E-state index contributed by atoms with van der Waals surface area (Å²) in [6.45, 7) is 1.20. The predicted octanol–water partition coefficient (Wildman–Crippen LogP) is 2.58. The zero-order valence-corrected chi connectivity index (χ0v) is 15.6. The lowest BCUT2D eigenvalue weighted by Gasteiger charge is -2.21. The number of ether oxygens (including phenoxy) is 1. The molecule has 8 heteroatoms. The van der Waals surface area contributed by atoms with Crippen LogP contribution >= 0.6 is 0 Å². The van der Waals surface area contributed by atoms with Crippen LogP contribution in [0, 0.1) is 5.82 Å². The maximum Gasteiger partial charge on any atom is 0.338 e. The van der Waals surface area contributed by atoms with Crippen LogP contribution in [0.5, 0.6) is 0 Å². The molecule has 3 rings (SSSR count). The number of sulfonamides is 1. The smallest absolute Gasteiger partial charge is 0.338 e. The summed E-state index contributed by atoms with van der Waals surface area (Å²) < 4.78 is 43.8. The molecule has 0 saturated heterocycles. The molecular formula is C19H18FNO5S. The zero-order chi connectivity index (χ0) is 19.8. The molecule has 0 amide bonds. The van der Waals surface area contributed by atoms with Crippen molar-refractivity contribution in [1.82, 2.24) is 0 Å². The third-order valence-electron chi connectivity index (χ3n) is 4.33. The molecule has 0 radical (unpaired) electrons. The summed E-state index contributed by atoms with van der Waals surface area (Å²) in [7, 11) is -3.42. The molecule has 0 N–H and O–H groups in total. The fraction of sp³-hybridized carbons (Fsp3) is 0.263. The van der Waals surface area contributed by atoms with Gasteiger partial charge < -0.3 is 4.74 Å². The van der Waals surface area contributed by atoms with E-state index in [0.29, 0.717) is 17.7 Å². The summed E-state index contributed by atoms with van der Waals surface area (Å²) in [6.07, 6.45) is 1.60. The van der Waals surface area contributed by atoms with Crippen molar-refractivity contribution in [3.05, 3.63) is 65.0 Å². The number of rotatable bonds is 5. The largest absolute Gasteiger partial charge is 0.454 e. The Morgan fingerprint density at radius 1 is 1.22 bits per heavy atom. The maximum atomic E-state index is 13.6. The summed E-state index contributed by atoms with van der Waals surface area (Å²) in [5, 5.41) is 0. The molecule has 0 unspecified atom stereocenters. The van der Waals surface area contributed by atoms with Crippen LogP contribution in [0.4, 0.5) is 10.1 Å². The molecule has 0 spiro atoms. The van der Waals surface area contributed by atoms with E-state index in [2.05, 4.69) is 0 Å². The molecule has 27 heavy (non-hydrogen) atoms. The highest BCUT2D eigenvalue weighted by Gasteiger charge is 2.33. The van der Waals surface area contributed by atoms with E-state index in [-0.39, 0.29) is 17.2 Å². The first-order chi connectivity index (χ1) is 12.7. The second-order valence-corrected chi connectivity index (χ2v) is 8.29. The van der Waals surface area contributed by atoms with Crippen molar-refractivity contribution in [3.63, 3.8) is 0 Å². The number of fused-ring (bicyclic) bond motifs is 1. The van der Waals surface area contributed by atoms with E-state index in [0.717, 1.165) is 12.3 Å². The van der Waals surface area contributed by atoms with Crippen LogP contribution in [0.2, 0.25) is 0 Å². The van der Waals surface area contributed by atoms with Gasteiger partial charge >= 0.3 is 5.97 Å². The molecule has 1 aliphatic rings. The van der Waals surface area contributed by atoms with Crippen LogP contribution in [0.15, 0.2) is 42.5 Å². The summed E-state index contributed by atoms with van der Waals surface area (Å²) >= 11 is 0. The molecule has 142 valence electrons. The van der Waals surface area contributed by atoms with Gasteiger partial charge in [-0.05, 0) is 49.2 Å². The average Bonchev–Trinajstić information content (AvgIpc) is 2.94. The van der Waals surface area contributed by atoms with E-state index in [1.165, 1.54) is 28.6 Å². The molecule has 2 aromatic carbocycles. The quantitative estimate of drug-likeness (QED) is 0.578. The van der Waals surface area contributed by atoms with Crippen molar-refractivity contribution >= 4 is 27.5 Å². The molecule has 6 nitrogen and oxygen atoms in total. The Labute approximate surface area is 156 Å². The van der Waals surface area contributed by atoms with Crippen molar-refractivity contribution < 1.29 is 27.1 Å². The van der Waals surface area contributed by atoms with Crippen LogP contribution < -0.4 is 4.31 Å². The van der Waals surface area contributed by atoms with Crippen LogP contribution in [0.3, 0.4) is 0 Å². The van der Waals surface area contributed by atoms with Crippen molar-refractivity contribution in [2.45, 2.75) is 19.4 Å². The normalized spacial score (nSPS) is 16.1. The molecule has 0 aromatic heterocycles. The van der Waals surface area contributed by atoms with E-state index >= 15 is 0 Å². The van der Waals surface area contributed by atoms with Crippen molar-refractivity contribution in [3.8, 4) is 0 Å². The second-order valence-electron chi connectivity index (χ2n) is 6.43.